The number of Topliss-reactive ketones (excluding diaryl/α,β-unsaturated/α-hetero) is 1. The van der Waals surface area contributed by atoms with Gasteiger partial charge >= 0.3 is 11.9 Å². The number of nitrogens with two attached hydrogens (primary N) is 1. The number of nitriles is 1. The lowest BCUT2D eigenvalue weighted by Crippen LogP contribution is -2.52. The average molecular weight is 516 g/mol. The molecule has 194 valence electrons. The number of carbonyl (C=O) groups excluding carboxylic acids is 3. The molecule has 0 fully saturated rings. The van der Waals surface area contributed by atoms with Crippen molar-refractivity contribution in [2.75, 3.05) is 20.3 Å². The third kappa shape index (κ3) is 2.96. The van der Waals surface area contributed by atoms with Crippen molar-refractivity contribution in [2.24, 2.45) is 11.1 Å². The van der Waals surface area contributed by atoms with Gasteiger partial charge in [0.25, 0.3) is 0 Å². The van der Waals surface area contributed by atoms with E-state index in [1.54, 1.807) is 69.5 Å². The number of rotatable bonds is 7. The molecule has 38 heavy (non-hydrogen) atoms. The van der Waals surface area contributed by atoms with E-state index in [0.29, 0.717) is 16.9 Å². The Morgan fingerprint density at radius 1 is 1.05 bits per heavy atom. The molecule has 0 bridgehead atoms. The summed E-state index contributed by atoms with van der Waals surface area (Å²) in [7, 11) is 1.54. The molecule has 10 heteroatoms. The number of nitrogens with zero attached hydrogens (tertiary/aromatic N) is 2. The van der Waals surface area contributed by atoms with Gasteiger partial charge in [-0.2, -0.15) is 5.26 Å². The Hall–Kier alpha value is -4.78. The molecule has 2 N–H and O–H groups in total. The molecule has 2 aromatic rings. The fourth-order valence-corrected chi connectivity index (χ4v) is 5.73. The van der Waals surface area contributed by atoms with E-state index in [2.05, 4.69) is 0 Å². The summed E-state index contributed by atoms with van der Waals surface area (Å²) in [5.74, 6) is -2.08. The van der Waals surface area contributed by atoms with Crippen LogP contribution in [0.2, 0.25) is 0 Å². The maximum absolute atomic E-state index is 14.4. The summed E-state index contributed by atoms with van der Waals surface area (Å²) < 4.78 is 22.3. The Morgan fingerprint density at radius 2 is 1.71 bits per heavy atom. The van der Waals surface area contributed by atoms with Crippen molar-refractivity contribution in [3.8, 4) is 11.8 Å². The van der Waals surface area contributed by atoms with Gasteiger partial charge in [-0.3, -0.25) is 4.79 Å². The number of methoxy groups -OCH3 is 1. The number of ketones is 1. The first-order valence-electron chi connectivity index (χ1n) is 12.1. The fraction of sp³-hybridized carbons (Fsp3) is 0.286. The quantitative estimate of drug-likeness (QED) is 0.547. The summed E-state index contributed by atoms with van der Waals surface area (Å²) in [6, 6.07) is 15.7. The molecule has 0 unspecified atom stereocenters. The molecule has 2 atom stereocenters. The van der Waals surface area contributed by atoms with Crippen LogP contribution in [0.1, 0.15) is 35.3 Å². The van der Waals surface area contributed by atoms with Gasteiger partial charge in [0.2, 0.25) is 11.6 Å². The standard InChI is InChI=1S/C28H25N3O7/c1-4-36-25(33)21-22(26(34)37-5-2)31(15-16-10-12-17(35-3)13-11-16)28-19-9-7-6-8-18(19)23(32)27(21,28)20(14-29)24(30)38-28/h6-13H,4-5,15,30H2,1-3H3/t27-,28-/m1/s1. The molecule has 0 aromatic heterocycles. The first-order chi connectivity index (χ1) is 18.3. The summed E-state index contributed by atoms with van der Waals surface area (Å²) in [5, 5.41) is 10.3. The molecule has 3 aliphatic rings. The summed E-state index contributed by atoms with van der Waals surface area (Å²) in [5.41, 5.74) is 2.84. The van der Waals surface area contributed by atoms with Crippen LogP contribution in [0, 0.1) is 16.7 Å². The highest BCUT2D eigenvalue weighted by atomic mass is 16.6. The van der Waals surface area contributed by atoms with Gasteiger partial charge in [0.15, 0.2) is 11.2 Å². The maximum atomic E-state index is 14.4. The van der Waals surface area contributed by atoms with Gasteiger partial charge in [0.1, 0.15) is 23.1 Å². The van der Waals surface area contributed by atoms with Crippen molar-refractivity contribution < 1.29 is 33.3 Å². The highest BCUT2D eigenvalue weighted by Crippen LogP contribution is 2.70. The SMILES string of the molecule is CCOC(=O)C1=C(C(=O)OCC)[C@]23C(=O)c4ccccc4[C@]2(OC(N)=C3C#N)N1Cc1ccc(OC)cc1. The molecule has 1 aliphatic carbocycles. The second-order valence-corrected chi connectivity index (χ2v) is 8.82. The number of carbonyl (C=O) groups is 3. The number of ether oxygens (including phenoxy) is 4. The van der Waals surface area contributed by atoms with Gasteiger partial charge in [-0.1, -0.05) is 36.4 Å². The van der Waals surface area contributed by atoms with E-state index >= 15 is 0 Å². The lowest BCUT2D eigenvalue weighted by molar-refractivity contribution is -0.152. The van der Waals surface area contributed by atoms with E-state index in [1.807, 2.05) is 6.07 Å². The van der Waals surface area contributed by atoms with Gasteiger partial charge in [-0.15, -0.1) is 0 Å². The molecule has 0 spiro atoms. The summed E-state index contributed by atoms with van der Waals surface area (Å²) in [4.78, 5) is 43.1. The molecule has 2 aromatic carbocycles. The van der Waals surface area contributed by atoms with Crippen molar-refractivity contribution in [3.63, 3.8) is 0 Å². The lowest BCUT2D eigenvalue weighted by Gasteiger charge is -2.41. The van der Waals surface area contributed by atoms with Crippen LogP contribution in [0.3, 0.4) is 0 Å². The minimum atomic E-state index is -2.07. The summed E-state index contributed by atoms with van der Waals surface area (Å²) in [6.45, 7) is 3.19. The minimum absolute atomic E-state index is 0.00326. The van der Waals surface area contributed by atoms with Gasteiger partial charge in [-0.05, 0) is 31.5 Å². The van der Waals surface area contributed by atoms with Gasteiger partial charge in [0.05, 0.1) is 25.9 Å². The van der Waals surface area contributed by atoms with Crippen LogP contribution in [0.5, 0.6) is 5.75 Å². The molecule has 2 heterocycles. The Bertz CT molecular complexity index is 1470. The predicted molar refractivity (Wildman–Crippen MR) is 132 cm³/mol. The zero-order valence-electron chi connectivity index (χ0n) is 21.1. The third-order valence-corrected chi connectivity index (χ3v) is 7.09. The maximum Gasteiger partial charge on any atom is 0.355 e. The van der Waals surface area contributed by atoms with Crippen LogP contribution < -0.4 is 10.5 Å². The molecule has 2 aliphatic heterocycles. The molecule has 0 saturated heterocycles. The zero-order chi connectivity index (χ0) is 27.2. The topological polar surface area (TPSA) is 141 Å². The summed E-state index contributed by atoms with van der Waals surface area (Å²) >= 11 is 0. The zero-order valence-corrected chi connectivity index (χ0v) is 21.1. The highest BCUT2D eigenvalue weighted by molar-refractivity contribution is 6.19. The van der Waals surface area contributed by atoms with Crippen LogP contribution in [0.4, 0.5) is 0 Å². The number of hydrogen-bond acceptors (Lipinski definition) is 10. The lowest BCUT2D eigenvalue weighted by atomic mass is 9.68. The minimum Gasteiger partial charge on any atom is -0.497 e. The van der Waals surface area contributed by atoms with Crippen molar-refractivity contribution in [3.05, 3.63) is 87.9 Å². The number of esters is 2. The van der Waals surface area contributed by atoms with E-state index in [4.69, 9.17) is 24.7 Å². The molecule has 0 amide bonds. The molecular weight excluding hydrogens is 490 g/mol. The fourth-order valence-electron chi connectivity index (χ4n) is 5.73. The largest absolute Gasteiger partial charge is 0.497 e. The molecule has 0 saturated carbocycles. The Balaban J connectivity index is 1.88. The molecule has 0 radical (unpaired) electrons. The number of fused-ring (bicyclic) bond motifs is 1. The number of hydrogen-bond donors (Lipinski definition) is 1. The molecule has 5 rings (SSSR count). The van der Waals surface area contributed by atoms with Gasteiger partial charge in [0, 0.05) is 17.7 Å². The number of benzene rings is 2. The van der Waals surface area contributed by atoms with Crippen LogP contribution in [0.25, 0.3) is 0 Å². The van der Waals surface area contributed by atoms with Gasteiger partial charge < -0.3 is 29.6 Å². The molecular formula is C28H25N3O7. The van der Waals surface area contributed by atoms with E-state index in [9.17, 15) is 19.6 Å². The van der Waals surface area contributed by atoms with Crippen molar-refractivity contribution in [1.29, 1.82) is 5.26 Å². The van der Waals surface area contributed by atoms with E-state index < -0.39 is 28.9 Å². The first kappa shape index (κ1) is 24.9. The Labute approximate surface area is 218 Å². The highest BCUT2D eigenvalue weighted by Gasteiger charge is 2.82. The smallest absolute Gasteiger partial charge is 0.355 e. The van der Waals surface area contributed by atoms with E-state index in [-0.39, 0.29) is 48.0 Å². The normalized spacial score (nSPS) is 22.9. The monoisotopic (exact) mass is 515 g/mol. The third-order valence-electron chi connectivity index (χ3n) is 7.09. The van der Waals surface area contributed by atoms with Crippen molar-refractivity contribution >= 4 is 17.7 Å². The Morgan fingerprint density at radius 3 is 2.34 bits per heavy atom. The molecule has 10 nitrogen and oxygen atoms in total. The van der Waals surface area contributed by atoms with Gasteiger partial charge in [-0.25, -0.2) is 9.59 Å². The van der Waals surface area contributed by atoms with Crippen LogP contribution in [-0.4, -0.2) is 42.9 Å². The predicted octanol–water partition coefficient (Wildman–Crippen LogP) is 2.65. The second-order valence-electron chi connectivity index (χ2n) is 8.82. The van der Waals surface area contributed by atoms with Crippen molar-refractivity contribution in [2.45, 2.75) is 26.1 Å². The Kier molecular flexibility index (Phi) is 5.87. The van der Waals surface area contributed by atoms with E-state index in [0.717, 1.165) is 0 Å². The van der Waals surface area contributed by atoms with Crippen LogP contribution >= 0.6 is 0 Å². The van der Waals surface area contributed by atoms with Crippen molar-refractivity contribution in [1.82, 2.24) is 4.90 Å². The van der Waals surface area contributed by atoms with Crippen LogP contribution in [0.15, 0.2) is 71.3 Å². The summed E-state index contributed by atoms with van der Waals surface area (Å²) in [6.07, 6.45) is 0. The van der Waals surface area contributed by atoms with Crippen LogP contribution in [-0.2, 0) is 36.1 Å². The second kappa shape index (κ2) is 8.95. The first-order valence-corrected chi connectivity index (χ1v) is 12.1. The average Bonchev–Trinajstić information content (AvgIpc) is 3.41. The van der Waals surface area contributed by atoms with E-state index in [1.165, 1.54) is 4.90 Å².